The first kappa shape index (κ1) is 12.5. The molecule has 1 unspecified atom stereocenters. The Kier molecular flexibility index (Phi) is 4.50. The highest BCUT2D eigenvalue weighted by Gasteiger charge is 2.17. The molecule has 1 aliphatic heterocycles. The van der Waals surface area contributed by atoms with Gasteiger partial charge in [0.1, 0.15) is 0 Å². The molecule has 0 bridgehead atoms. The summed E-state index contributed by atoms with van der Waals surface area (Å²) in [5, 5.41) is 2.20. The molecular weight excluding hydrogens is 214 g/mol. The van der Waals surface area contributed by atoms with Crippen LogP contribution in [0, 0.1) is 6.92 Å². The van der Waals surface area contributed by atoms with Gasteiger partial charge < -0.3 is 10.5 Å². The number of hydrogen-bond acceptors (Lipinski definition) is 4. The molecule has 4 heteroatoms. The van der Waals surface area contributed by atoms with Crippen molar-refractivity contribution in [2.75, 3.05) is 32.8 Å². The number of hydrogen-bond donors (Lipinski definition) is 2. The van der Waals surface area contributed by atoms with Crippen molar-refractivity contribution in [3.8, 4) is 0 Å². The summed E-state index contributed by atoms with van der Waals surface area (Å²) in [7, 11) is 0. The normalized spacial score (nSPS) is 19.2. The molecule has 1 saturated heterocycles. The summed E-state index contributed by atoms with van der Waals surface area (Å²) in [5.74, 6) is 0. The fourth-order valence-electron chi connectivity index (χ4n) is 2.14. The Hall–Kier alpha value is -0.940. The number of nitrogens with two attached hydrogens (primary N) is 1. The first-order valence-corrected chi connectivity index (χ1v) is 6.15. The van der Waals surface area contributed by atoms with Crippen molar-refractivity contribution in [2.24, 2.45) is 5.73 Å². The lowest BCUT2D eigenvalue weighted by atomic mass is 10.0. The summed E-state index contributed by atoms with van der Waals surface area (Å²) < 4.78 is 5.33. The highest BCUT2D eigenvalue weighted by molar-refractivity contribution is 5.28. The third-order valence-electron chi connectivity index (χ3n) is 3.15. The van der Waals surface area contributed by atoms with Gasteiger partial charge in [-0.2, -0.15) is 0 Å². The summed E-state index contributed by atoms with van der Waals surface area (Å²) in [4.78, 5) is 0. The first-order chi connectivity index (χ1) is 8.31. The molecular formula is C13H21N3O. The van der Waals surface area contributed by atoms with Crippen molar-refractivity contribution < 1.29 is 4.74 Å². The zero-order chi connectivity index (χ0) is 12.1. The lowest BCUT2D eigenvalue weighted by Crippen LogP contribution is -2.48. The lowest BCUT2D eigenvalue weighted by Gasteiger charge is -2.32. The van der Waals surface area contributed by atoms with E-state index in [0.717, 1.165) is 26.3 Å². The SMILES string of the molecule is Cc1ccccc1C(CN)NN1CCOCC1. The second-order valence-electron chi connectivity index (χ2n) is 4.37. The molecule has 0 saturated carbocycles. The molecule has 1 aromatic carbocycles. The van der Waals surface area contributed by atoms with Crippen LogP contribution >= 0.6 is 0 Å². The van der Waals surface area contributed by atoms with Crippen molar-refractivity contribution in [3.05, 3.63) is 35.4 Å². The summed E-state index contributed by atoms with van der Waals surface area (Å²) in [6.45, 7) is 6.14. The Labute approximate surface area is 103 Å². The minimum Gasteiger partial charge on any atom is -0.379 e. The molecule has 1 aromatic rings. The maximum Gasteiger partial charge on any atom is 0.0608 e. The Balaban J connectivity index is 2.03. The van der Waals surface area contributed by atoms with Gasteiger partial charge in [0.2, 0.25) is 0 Å². The highest BCUT2D eigenvalue weighted by Crippen LogP contribution is 2.17. The number of morpholine rings is 1. The minimum atomic E-state index is 0.189. The smallest absolute Gasteiger partial charge is 0.0608 e. The van der Waals surface area contributed by atoms with E-state index in [4.69, 9.17) is 10.5 Å². The summed E-state index contributed by atoms with van der Waals surface area (Å²) >= 11 is 0. The number of benzene rings is 1. The van der Waals surface area contributed by atoms with E-state index in [1.165, 1.54) is 11.1 Å². The molecule has 0 aliphatic carbocycles. The quantitative estimate of drug-likeness (QED) is 0.811. The molecule has 1 fully saturated rings. The standard InChI is InChI=1S/C13H21N3O/c1-11-4-2-3-5-12(11)13(10-14)15-16-6-8-17-9-7-16/h2-5,13,15H,6-10,14H2,1H3. The van der Waals surface area contributed by atoms with Crippen molar-refractivity contribution >= 4 is 0 Å². The monoisotopic (exact) mass is 235 g/mol. The Bertz CT molecular complexity index is 350. The summed E-state index contributed by atoms with van der Waals surface area (Å²) in [6.07, 6.45) is 0. The average molecular weight is 235 g/mol. The Morgan fingerprint density at radius 2 is 2.06 bits per heavy atom. The zero-order valence-electron chi connectivity index (χ0n) is 10.4. The fraction of sp³-hybridized carbons (Fsp3) is 0.538. The van der Waals surface area contributed by atoms with E-state index < -0.39 is 0 Å². The van der Waals surface area contributed by atoms with Gasteiger partial charge in [0.25, 0.3) is 0 Å². The second-order valence-corrected chi connectivity index (χ2v) is 4.37. The van der Waals surface area contributed by atoms with Crippen molar-refractivity contribution in [2.45, 2.75) is 13.0 Å². The number of aryl methyl sites for hydroxylation is 1. The van der Waals surface area contributed by atoms with Gasteiger partial charge in [0, 0.05) is 19.6 Å². The molecule has 2 rings (SSSR count). The third kappa shape index (κ3) is 3.26. The van der Waals surface area contributed by atoms with E-state index in [0.29, 0.717) is 6.54 Å². The highest BCUT2D eigenvalue weighted by atomic mass is 16.5. The molecule has 17 heavy (non-hydrogen) atoms. The van der Waals surface area contributed by atoms with E-state index in [-0.39, 0.29) is 6.04 Å². The molecule has 1 aliphatic rings. The van der Waals surface area contributed by atoms with Crippen LogP contribution in [0.2, 0.25) is 0 Å². The zero-order valence-corrected chi connectivity index (χ0v) is 10.4. The molecule has 0 aromatic heterocycles. The number of hydrazine groups is 1. The molecule has 4 nitrogen and oxygen atoms in total. The Morgan fingerprint density at radius 3 is 2.71 bits per heavy atom. The number of rotatable bonds is 4. The van der Waals surface area contributed by atoms with Crippen LogP contribution in [0.1, 0.15) is 17.2 Å². The van der Waals surface area contributed by atoms with Crippen LogP contribution < -0.4 is 11.2 Å². The third-order valence-corrected chi connectivity index (χ3v) is 3.15. The van der Waals surface area contributed by atoms with E-state index in [1.807, 2.05) is 0 Å². The van der Waals surface area contributed by atoms with Crippen LogP contribution in [-0.4, -0.2) is 37.9 Å². The van der Waals surface area contributed by atoms with Gasteiger partial charge in [-0.1, -0.05) is 24.3 Å². The van der Waals surface area contributed by atoms with Gasteiger partial charge in [-0.15, -0.1) is 0 Å². The maximum absolute atomic E-state index is 5.87. The van der Waals surface area contributed by atoms with E-state index in [9.17, 15) is 0 Å². The molecule has 3 N–H and O–H groups in total. The number of nitrogens with zero attached hydrogens (tertiary/aromatic N) is 1. The van der Waals surface area contributed by atoms with Gasteiger partial charge >= 0.3 is 0 Å². The van der Waals surface area contributed by atoms with Gasteiger partial charge in [-0.3, -0.25) is 0 Å². The largest absolute Gasteiger partial charge is 0.379 e. The van der Waals surface area contributed by atoms with Crippen molar-refractivity contribution in [1.29, 1.82) is 0 Å². The fourth-order valence-corrected chi connectivity index (χ4v) is 2.14. The van der Waals surface area contributed by atoms with Crippen LogP contribution in [0.4, 0.5) is 0 Å². The van der Waals surface area contributed by atoms with Gasteiger partial charge in [0.05, 0.1) is 19.3 Å². The lowest BCUT2D eigenvalue weighted by molar-refractivity contribution is 0.00400. The molecule has 94 valence electrons. The van der Waals surface area contributed by atoms with E-state index >= 15 is 0 Å². The van der Waals surface area contributed by atoms with Crippen LogP contribution in [0.3, 0.4) is 0 Å². The molecule has 0 spiro atoms. The predicted molar refractivity (Wildman–Crippen MR) is 68.5 cm³/mol. The summed E-state index contributed by atoms with van der Waals surface area (Å²) in [6, 6.07) is 8.57. The maximum atomic E-state index is 5.87. The number of ether oxygens (including phenoxy) is 1. The van der Waals surface area contributed by atoms with Gasteiger partial charge in [-0.05, 0) is 18.1 Å². The average Bonchev–Trinajstić information content (AvgIpc) is 2.38. The minimum absolute atomic E-state index is 0.189. The van der Waals surface area contributed by atoms with Crippen molar-refractivity contribution in [3.63, 3.8) is 0 Å². The van der Waals surface area contributed by atoms with E-state index in [1.54, 1.807) is 0 Å². The second kappa shape index (κ2) is 6.12. The van der Waals surface area contributed by atoms with Gasteiger partial charge in [-0.25, -0.2) is 10.4 Å². The van der Waals surface area contributed by atoms with Crippen LogP contribution in [0.5, 0.6) is 0 Å². The molecule has 0 amide bonds. The summed E-state index contributed by atoms with van der Waals surface area (Å²) in [5.41, 5.74) is 11.9. The van der Waals surface area contributed by atoms with Crippen LogP contribution in [-0.2, 0) is 4.74 Å². The Morgan fingerprint density at radius 1 is 1.35 bits per heavy atom. The number of nitrogens with one attached hydrogen (secondary N) is 1. The molecule has 0 radical (unpaired) electrons. The van der Waals surface area contributed by atoms with Crippen molar-refractivity contribution in [1.82, 2.24) is 10.4 Å². The first-order valence-electron chi connectivity index (χ1n) is 6.15. The van der Waals surface area contributed by atoms with Crippen LogP contribution in [0.25, 0.3) is 0 Å². The predicted octanol–water partition coefficient (Wildman–Crippen LogP) is 0.832. The van der Waals surface area contributed by atoms with Crippen LogP contribution in [0.15, 0.2) is 24.3 Å². The van der Waals surface area contributed by atoms with E-state index in [2.05, 4.69) is 41.6 Å². The molecule has 1 heterocycles. The topological polar surface area (TPSA) is 50.5 Å². The molecule has 1 atom stereocenters. The van der Waals surface area contributed by atoms with Gasteiger partial charge in [0.15, 0.2) is 0 Å².